The van der Waals surface area contributed by atoms with Gasteiger partial charge in [-0.3, -0.25) is 0 Å². The molecule has 2 aromatic rings. The molecule has 0 fully saturated rings. The highest BCUT2D eigenvalue weighted by atomic mass is 19.2. The Morgan fingerprint density at radius 3 is 2.29 bits per heavy atom. The Hall–Kier alpha value is -2.01. The lowest BCUT2D eigenvalue weighted by Crippen LogP contribution is -2.19. The van der Waals surface area contributed by atoms with E-state index >= 15 is 0 Å². The lowest BCUT2D eigenvalue weighted by Gasteiger charge is -2.19. The summed E-state index contributed by atoms with van der Waals surface area (Å²) in [6.07, 6.45) is 0. The summed E-state index contributed by atoms with van der Waals surface area (Å²) in [7, 11) is 3.16. The molecule has 1 N–H and O–H groups in total. The summed E-state index contributed by atoms with van der Waals surface area (Å²) >= 11 is 0. The van der Waals surface area contributed by atoms with Gasteiger partial charge in [0.1, 0.15) is 11.6 Å². The molecular formula is C16H16F3NO. The highest BCUT2D eigenvalue weighted by Crippen LogP contribution is 2.29. The molecule has 5 heteroatoms. The zero-order valence-electron chi connectivity index (χ0n) is 12.0. The van der Waals surface area contributed by atoms with Crippen molar-refractivity contribution in [1.29, 1.82) is 0 Å². The zero-order valence-corrected chi connectivity index (χ0v) is 12.0. The monoisotopic (exact) mass is 295 g/mol. The van der Waals surface area contributed by atoms with Crippen LogP contribution in [0.5, 0.6) is 5.75 Å². The number of rotatable bonds is 4. The fourth-order valence-electron chi connectivity index (χ4n) is 2.28. The molecule has 2 rings (SSSR count). The van der Waals surface area contributed by atoms with Gasteiger partial charge in [-0.25, -0.2) is 13.2 Å². The third-order valence-electron chi connectivity index (χ3n) is 3.40. The fraction of sp³-hybridized carbons (Fsp3) is 0.250. The van der Waals surface area contributed by atoms with Crippen molar-refractivity contribution in [1.82, 2.24) is 5.32 Å². The summed E-state index contributed by atoms with van der Waals surface area (Å²) in [5.41, 5.74) is 1.68. The van der Waals surface area contributed by atoms with Crippen LogP contribution in [0.4, 0.5) is 13.2 Å². The quantitative estimate of drug-likeness (QED) is 0.868. The third kappa shape index (κ3) is 3.03. The van der Waals surface area contributed by atoms with Gasteiger partial charge in [0.15, 0.2) is 11.6 Å². The van der Waals surface area contributed by atoms with E-state index in [1.807, 2.05) is 13.0 Å². The number of nitrogens with one attached hydrogen (secondary N) is 1. The highest BCUT2D eigenvalue weighted by Gasteiger charge is 2.20. The first kappa shape index (κ1) is 15.4. The summed E-state index contributed by atoms with van der Waals surface area (Å²) < 4.78 is 45.6. The van der Waals surface area contributed by atoms with Gasteiger partial charge in [-0.05, 0) is 37.2 Å². The van der Waals surface area contributed by atoms with Crippen molar-refractivity contribution in [2.75, 3.05) is 14.2 Å². The predicted molar refractivity (Wildman–Crippen MR) is 74.9 cm³/mol. The topological polar surface area (TPSA) is 21.3 Å². The number of halogens is 3. The molecule has 21 heavy (non-hydrogen) atoms. The molecule has 0 saturated heterocycles. The average Bonchev–Trinajstić information content (AvgIpc) is 2.46. The van der Waals surface area contributed by atoms with E-state index in [0.29, 0.717) is 17.4 Å². The Balaban J connectivity index is 2.52. The van der Waals surface area contributed by atoms with Crippen LogP contribution in [-0.2, 0) is 0 Å². The number of methoxy groups -OCH3 is 1. The van der Waals surface area contributed by atoms with Crippen LogP contribution in [-0.4, -0.2) is 14.2 Å². The molecule has 0 amide bonds. The van der Waals surface area contributed by atoms with Crippen molar-refractivity contribution >= 4 is 0 Å². The Labute approximate surface area is 121 Å². The van der Waals surface area contributed by atoms with Gasteiger partial charge >= 0.3 is 0 Å². The highest BCUT2D eigenvalue weighted by molar-refractivity contribution is 5.41. The second-order valence-corrected chi connectivity index (χ2v) is 4.74. The molecule has 112 valence electrons. The van der Waals surface area contributed by atoms with Crippen molar-refractivity contribution in [2.24, 2.45) is 0 Å². The molecule has 1 unspecified atom stereocenters. The molecule has 2 aromatic carbocycles. The minimum atomic E-state index is -1.20. The Morgan fingerprint density at radius 2 is 1.67 bits per heavy atom. The second kappa shape index (κ2) is 6.18. The van der Waals surface area contributed by atoms with E-state index < -0.39 is 23.5 Å². The van der Waals surface area contributed by atoms with Gasteiger partial charge < -0.3 is 10.1 Å². The lowest BCUT2D eigenvalue weighted by molar-refractivity contribution is 0.410. The van der Waals surface area contributed by atoms with Gasteiger partial charge in [-0.2, -0.15) is 0 Å². The van der Waals surface area contributed by atoms with Gasteiger partial charge in [0, 0.05) is 11.6 Å². The normalized spacial score (nSPS) is 12.3. The molecule has 0 bridgehead atoms. The summed E-state index contributed by atoms with van der Waals surface area (Å²) in [5, 5.41) is 2.91. The Morgan fingerprint density at radius 1 is 1.00 bits per heavy atom. The third-order valence-corrected chi connectivity index (χ3v) is 3.40. The molecule has 0 saturated carbocycles. The van der Waals surface area contributed by atoms with Crippen LogP contribution in [0.2, 0.25) is 0 Å². The SMILES string of the molecule is CNC(c1ccc(C)c(OC)c1)c1cc(F)c(F)cc1F. The molecular weight excluding hydrogens is 279 g/mol. The van der Waals surface area contributed by atoms with Crippen molar-refractivity contribution in [2.45, 2.75) is 13.0 Å². The van der Waals surface area contributed by atoms with Crippen LogP contribution in [0, 0.1) is 24.4 Å². The second-order valence-electron chi connectivity index (χ2n) is 4.74. The molecule has 2 nitrogen and oxygen atoms in total. The van der Waals surface area contributed by atoms with E-state index in [4.69, 9.17) is 4.74 Å². The van der Waals surface area contributed by atoms with Gasteiger partial charge in [-0.15, -0.1) is 0 Å². The van der Waals surface area contributed by atoms with E-state index in [1.54, 1.807) is 26.3 Å². The first-order chi connectivity index (χ1) is 9.97. The number of benzene rings is 2. The molecule has 0 aliphatic rings. The van der Waals surface area contributed by atoms with E-state index in [0.717, 1.165) is 11.6 Å². The molecule has 0 heterocycles. The van der Waals surface area contributed by atoms with Crippen molar-refractivity contribution in [3.63, 3.8) is 0 Å². The molecule has 0 spiro atoms. The molecule has 0 aliphatic carbocycles. The fourth-order valence-corrected chi connectivity index (χ4v) is 2.28. The summed E-state index contributed by atoms with van der Waals surface area (Å²) in [6, 6.07) is 6.20. The standard InChI is InChI=1S/C16H16F3NO/c1-9-4-5-10(6-15(9)21-3)16(20-2)11-7-13(18)14(19)8-12(11)17/h4-8,16,20H,1-3H3. The molecule has 0 radical (unpaired) electrons. The predicted octanol–water partition coefficient (Wildman–Crippen LogP) is 3.73. The maximum atomic E-state index is 13.9. The minimum Gasteiger partial charge on any atom is -0.496 e. The maximum absolute atomic E-state index is 13.9. The first-order valence-corrected chi connectivity index (χ1v) is 6.44. The van der Waals surface area contributed by atoms with Crippen LogP contribution in [0.1, 0.15) is 22.7 Å². The van der Waals surface area contributed by atoms with Gasteiger partial charge in [-0.1, -0.05) is 12.1 Å². The van der Waals surface area contributed by atoms with Crippen LogP contribution in [0.15, 0.2) is 30.3 Å². The summed E-state index contributed by atoms with van der Waals surface area (Å²) in [4.78, 5) is 0. The average molecular weight is 295 g/mol. The minimum absolute atomic E-state index is 0.0438. The maximum Gasteiger partial charge on any atom is 0.161 e. The Kier molecular flexibility index (Phi) is 4.53. The van der Waals surface area contributed by atoms with Crippen LogP contribution in [0.3, 0.4) is 0 Å². The van der Waals surface area contributed by atoms with Crippen molar-refractivity contribution in [3.05, 3.63) is 64.5 Å². The summed E-state index contributed by atoms with van der Waals surface area (Å²) in [5.74, 6) is -2.43. The van der Waals surface area contributed by atoms with Gasteiger partial charge in [0.2, 0.25) is 0 Å². The largest absolute Gasteiger partial charge is 0.496 e. The number of hydrogen-bond donors (Lipinski definition) is 1. The first-order valence-electron chi connectivity index (χ1n) is 6.44. The van der Waals surface area contributed by atoms with Crippen LogP contribution >= 0.6 is 0 Å². The smallest absolute Gasteiger partial charge is 0.161 e. The van der Waals surface area contributed by atoms with E-state index in [2.05, 4.69) is 5.32 Å². The summed E-state index contributed by atoms with van der Waals surface area (Å²) in [6.45, 7) is 1.88. The van der Waals surface area contributed by atoms with Crippen LogP contribution in [0.25, 0.3) is 0 Å². The number of ether oxygens (including phenoxy) is 1. The van der Waals surface area contributed by atoms with E-state index in [9.17, 15) is 13.2 Å². The van der Waals surface area contributed by atoms with Gasteiger partial charge in [0.05, 0.1) is 13.2 Å². The lowest BCUT2D eigenvalue weighted by atomic mass is 9.97. The Bertz CT molecular complexity index is 658. The number of hydrogen-bond acceptors (Lipinski definition) is 2. The molecule has 0 aromatic heterocycles. The van der Waals surface area contributed by atoms with Crippen molar-refractivity contribution < 1.29 is 17.9 Å². The number of aryl methyl sites for hydroxylation is 1. The van der Waals surface area contributed by atoms with Crippen LogP contribution < -0.4 is 10.1 Å². The van der Waals surface area contributed by atoms with Gasteiger partial charge in [0.25, 0.3) is 0 Å². The molecule has 1 atom stereocenters. The molecule has 0 aliphatic heterocycles. The zero-order chi connectivity index (χ0) is 15.6. The van der Waals surface area contributed by atoms with Crippen molar-refractivity contribution in [3.8, 4) is 5.75 Å². The van der Waals surface area contributed by atoms with E-state index in [-0.39, 0.29) is 5.56 Å². The van der Waals surface area contributed by atoms with E-state index in [1.165, 1.54) is 0 Å².